The summed E-state index contributed by atoms with van der Waals surface area (Å²) in [4.78, 5) is 0. The van der Waals surface area contributed by atoms with Gasteiger partial charge < -0.3 is 0 Å². The molecule has 0 aromatic carbocycles. The SMILES string of the molecule is CCCCCCCC1CC2CCC1C2. The molecule has 0 N–H and O–H groups in total. The van der Waals surface area contributed by atoms with E-state index in [-0.39, 0.29) is 0 Å². The van der Waals surface area contributed by atoms with E-state index in [9.17, 15) is 0 Å². The summed E-state index contributed by atoms with van der Waals surface area (Å²) in [5.41, 5.74) is 0. The summed E-state index contributed by atoms with van der Waals surface area (Å²) in [6.07, 6.45) is 15.2. The molecule has 0 radical (unpaired) electrons. The van der Waals surface area contributed by atoms with Crippen LogP contribution in [-0.2, 0) is 0 Å². The molecule has 14 heavy (non-hydrogen) atoms. The third kappa shape index (κ3) is 2.52. The Morgan fingerprint density at radius 3 is 2.43 bits per heavy atom. The topological polar surface area (TPSA) is 0 Å². The molecule has 0 amide bonds. The van der Waals surface area contributed by atoms with Gasteiger partial charge in [0.05, 0.1) is 0 Å². The molecule has 2 rings (SSSR count). The second-order valence-electron chi connectivity index (χ2n) is 5.64. The lowest BCUT2D eigenvalue weighted by molar-refractivity contribution is 0.304. The first kappa shape index (κ1) is 10.5. The van der Waals surface area contributed by atoms with Gasteiger partial charge in [-0.15, -0.1) is 0 Å². The number of hydrogen-bond acceptors (Lipinski definition) is 0. The zero-order valence-corrected chi connectivity index (χ0v) is 9.80. The highest BCUT2D eigenvalue weighted by Crippen LogP contribution is 2.49. The van der Waals surface area contributed by atoms with Gasteiger partial charge in [-0.3, -0.25) is 0 Å². The Hall–Kier alpha value is 0. The Balaban J connectivity index is 1.54. The Morgan fingerprint density at radius 2 is 1.79 bits per heavy atom. The maximum absolute atomic E-state index is 2.30. The highest BCUT2D eigenvalue weighted by Gasteiger charge is 2.38. The summed E-state index contributed by atoms with van der Waals surface area (Å²) in [6.45, 7) is 2.30. The number of unbranched alkanes of at least 4 members (excludes halogenated alkanes) is 4. The maximum Gasteiger partial charge on any atom is -0.0383 e. The Bertz CT molecular complexity index is 161. The smallest absolute Gasteiger partial charge is 0.0383 e. The molecule has 0 aromatic rings. The molecule has 0 heterocycles. The minimum atomic E-state index is 1.15. The van der Waals surface area contributed by atoms with Crippen molar-refractivity contribution in [3.8, 4) is 0 Å². The summed E-state index contributed by atoms with van der Waals surface area (Å²) < 4.78 is 0. The summed E-state index contributed by atoms with van der Waals surface area (Å²) >= 11 is 0. The first-order chi connectivity index (χ1) is 6.90. The molecule has 2 aliphatic carbocycles. The lowest BCUT2D eigenvalue weighted by Gasteiger charge is -2.21. The fourth-order valence-electron chi connectivity index (χ4n) is 3.74. The quantitative estimate of drug-likeness (QED) is 0.534. The predicted molar refractivity (Wildman–Crippen MR) is 62.3 cm³/mol. The Morgan fingerprint density at radius 1 is 0.929 bits per heavy atom. The van der Waals surface area contributed by atoms with Crippen LogP contribution in [0, 0.1) is 17.8 Å². The molecule has 0 spiro atoms. The summed E-state index contributed by atoms with van der Waals surface area (Å²) in [5.74, 6) is 3.46. The molecule has 0 heteroatoms. The fraction of sp³-hybridized carbons (Fsp3) is 1.00. The van der Waals surface area contributed by atoms with E-state index in [0.29, 0.717) is 0 Å². The van der Waals surface area contributed by atoms with Crippen LogP contribution >= 0.6 is 0 Å². The van der Waals surface area contributed by atoms with E-state index in [1.165, 1.54) is 32.1 Å². The number of rotatable bonds is 6. The van der Waals surface area contributed by atoms with E-state index in [4.69, 9.17) is 0 Å². The van der Waals surface area contributed by atoms with Gasteiger partial charge in [-0.1, -0.05) is 51.9 Å². The predicted octanol–water partition coefficient (Wildman–Crippen LogP) is 4.78. The van der Waals surface area contributed by atoms with Gasteiger partial charge in [0.25, 0.3) is 0 Å². The van der Waals surface area contributed by atoms with Gasteiger partial charge >= 0.3 is 0 Å². The first-order valence-electron chi connectivity index (χ1n) is 6.90. The van der Waals surface area contributed by atoms with Crippen LogP contribution in [0.15, 0.2) is 0 Å². The van der Waals surface area contributed by atoms with Crippen LogP contribution < -0.4 is 0 Å². The molecular weight excluding hydrogens is 168 g/mol. The third-order valence-corrected chi connectivity index (χ3v) is 4.56. The molecule has 2 bridgehead atoms. The Kier molecular flexibility index (Phi) is 3.89. The standard InChI is InChI=1S/C14H26/c1-2-3-4-5-6-7-13-10-12-8-9-14(13)11-12/h12-14H,2-11H2,1H3. The summed E-state index contributed by atoms with van der Waals surface area (Å²) in [5, 5.41) is 0. The monoisotopic (exact) mass is 194 g/mol. The van der Waals surface area contributed by atoms with Crippen LogP contribution in [0.5, 0.6) is 0 Å². The maximum atomic E-state index is 2.30. The summed E-state index contributed by atoms with van der Waals surface area (Å²) in [6, 6.07) is 0. The largest absolute Gasteiger partial charge is 0.0654 e. The Labute approximate surface area is 89.5 Å². The molecule has 0 nitrogen and oxygen atoms in total. The van der Waals surface area contributed by atoms with Crippen molar-refractivity contribution in [2.75, 3.05) is 0 Å². The molecule has 2 saturated carbocycles. The minimum Gasteiger partial charge on any atom is -0.0654 e. The van der Waals surface area contributed by atoms with Gasteiger partial charge in [0.1, 0.15) is 0 Å². The van der Waals surface area contributed by atoms with Crippen molar-refractivity contribution in [3.63, 3.8) is 0 Å². The van der Waals surface area contributed by atoms with Gasteiger partial charge in [-0.2, -0.15) is 0 Å². The molecular formula is C14H26. The van der Waals surface area contributed by atoms with Crippen molar-refractivity contribution >= 4 is 0 Å². The van der Waals surface area contributed by atoms with E-state index in [0.717, 1.165) is 17.8 Å². The van der Waals surface area contributed by atoms with Gasteiger partial charge in [-0.25, -0.2) is 0 Å². The van der Waals surface area contributed by atoms with E-state index < -0.39 is 0 Å². The minimum absolute atomic E-state index is 1.15. The molecule has 0 saturated heterocycles. The van der Waals surface area contributed by atoms with E-state index in [1.54, 1.807) is 32.1 Å². The van der Waals surface area contributed by atoms with Crippen LogP contribution in [0.3, 0.4) is 0 Å². The van der Waals surface area contributed by atoms with Gasteiger partial charge in [0.2, 0.25) is 0 Å². The molecule has 3 unspecified atom stereocenters. The van der Waals surface area contributed by atoms with Crippen molar-refractivity contribution in [1.29, 1.82) is 0 Å². The number of hydrogen-bond donors (Lipinski definition) is 0. The van der Waals surface area contributed by atoms with Crippen LogP contribution in [0.4, 0.5) is 0 Å². The van der Waals surface area contributed by atoms with Crippen molar-refractivity contribution in [2.24, 2.45) is 17.8 Å². The zero-order valence-electron chi connectivity index (χ0n) is 9.80. The fourth-order valence-corrected chi connectivity index (χ4v) is 3.74. The summed E-state index contributed by atoms with van der Waals surface area (Å²) in [7, 11) is 0. The van der Waals surface area contributed by atoms with Crippen LogP contribution in [0.2, 0.25) is 0 Å². The normalized spacial score (nSPS) is 35.4. The molecule has 2 aliphatic rings. The van der Waals surface area contributed by atoms with Crippen LogP contribution in [0.1, 0.15) is 71.1 Å². The van der Waals surface area contributed by atoms with E-state index in [2.05, 4.69) is 6.92 Å². The van der Waals surface area contributed by atoms with Crippen LogP contribution in [-0.4, -0.2) is 0 Å². The second kappa shape index (κ2) is 5.19. The third-order valence-electron chi connectivity index (χ3n) is 4.56. The highest BCUT2D eigenvalue weighted by molar-refractivity contribution is 4.89. The van der Waals surface area contributed by atoms with Crippen molar-refractivity contribution in [2.45, 2.75) is 71.1 Å². The van der Waals surface area contributed by atoms with Crippen molar-refractivity contribution in [1.82, 2.24) is 0 Å². The molecule has 82 valence electrons. The zero-order chi connectivity index (χ0) is 9.80. The molecule has 2 fully saturated rings. The number of fused-ring (bicyclic) bond motifs is 2. The van der Waals surface area contributed by atoms with Crippen molar-refractivity contribution in [3.05, 3.63) is 0 Å². The lowest BCUT2D eigenvalue weighted by Crippen LogP contribution is -2.09. The van der Waals surface area contributed by atoms with E-state index >= 15 is 0 Å². The molecule has 0 aromatic heterocycles. The van der Waals surface area contributed by atoms with E-state index in [1.807, 2.05) is 0 Å². The van der Waals surface area contributed by atoms with Gasteiger partial charge in [0.15, 0.2) is 0 Å². The van der Waals surface area contributed by atoms with Gasteiger partial charge in [0, 0.05) is 0 Å². The van der Waals surface area contributed by atoms with Gasteiger partial charge in [-0.05, 0) is 37.0 Å². The second-order valence-corrected chi connectivity index (χ2v) is 5.64. The molecule has 0 aliphatic heterocycles. The average Bonchev–Trinajstić information content (AvgIpc) is 2.79. The first-order valence-corrected chi connectivity index (χ1v) is 6.90. The highest BCUT2D eigenvalue weighted by atomic mass is 14.4. The lowest BCUT2D eigenvalue weighted by atomic mass is 9.85. The molecule has 3 atom stereocenters. The average molecular weight is 194 g/mol. The van der Waals surface area contributed by atoms with Crippen molar-refractivity contribution < 1.29 is 0 Å². The van der Waals surface area contributed by atoms with Crippen LogP contribution in [0.25, 0.3) is 0 Å².